The van der Waals surface area contributed by atoms with Crippen LogP contribution in [-0.4, -0.2) is 51.5 Å². The Bertz CT molecular complexity index is 882. The Morgan fingerprint density at radius 1 is 1.26 bits per heavy atom. The van der Waals surface area contributed by atoms with Crippen LogP contribution in [0.4, 0.5) is 11.6 Å². The largest absolute Gasteiger partial charge is 0.375 e. The highest BCUT2D eigenvalue weighted by Gasteiger charge is 2.25. The summed E-state index contributed by atoms with van der Waals surface area (Å²) in [6.45, 7) is 1.74. The van der Waals surface area contributed by atoms with Gasteiger partial charge in [-0.3, -0.25) is 9.78 Å². The third-order valence-electron chi connectivity index (χ3n) is 4.47. The summed E-state index contributed by atoms with van der Waals surface area (Å²) in [7, 11) is 0. The molecule has 0 aliphatic carbocycles. The molecule has 4 heterocycles. The Morgan fingerprint density at radius 3 is 3.04 bits per heavy atom. The summed E-state index contributed by atoms with van der Waals surface area (Å²) in [5, 5.41) is 6.13. The van der Waals surface area contributed by atoms with Crippen LogP contribution in [0, 0.1) is 0 Å². The molecule has 0 saturated carbocycles. The fourth-order valence-corrected chi connectivity index (χ4v) is 3.13. The minimum absolute atomic E-state index is 0.0354. The van der Waals surface area contributed by atoms with E-state index in [0.717, 1.165) is 30.0 Å². The average Bonchev–Trinajstić information content (AvgIpc) is 3.40. The van der Waals surface area contributed by atoms with Crippen LogP contribution in [0.3, 0.4) is 0 Å². The van der Waals surface area contributed by atoms with E-state index in [1.807, 2.05) is 36.5 Å². The molecule has 0 bridgehead atoms. The quantitative estimate of drug-likeness (QED) is 0.616. The fourth-order valence-electron chi connectivity index (χ4n) is 3.13. The van der Waals surface area contributed by atoms with Crippen LogP contribution in [-0.2, 0) is 4.79 Å². The van der Waals surface area contributed by atoms with Crippen molar-refractivity contribution < 1.29 is 4.79 Å². The number of nitrogens with zero attached hydrogens (tertiary/aromatic N) is 4. The molecule has 0 radical (unpaired) electrons. The molecule has 1 saturated heterocycles. The van der Waals surface area contributed by atoms with E-state index >= 15 is 0 Å². The Hall–Kier alpha value is -3.42. The lowest BCUT2D eigenvalue weighted by Gasteiger charge is -2.17. The number of carbonyl (C=O) groups is 1. The Kier molecular flexibility index (Phi) is 4.95. The number of aromatic nitrogens is 4. The Labute approximate surface area is 157 Å². The first-order valence-electron chi connectivity index (χ1n) is 8.93. The van der Waals surface area contributed by atoms with E-state index in [1.165, 1.54) is 0 Å². The smallest absolute Gasteiger partial charge is 0.239 e. The molecule has 1 aliphatic heterocycles. The predicted molar refractivity (Wildman–Crippen MR) is 103 cm³/mol. The van der Waals surface area contributed by atoms with Crippen LogP contribution in [0.5, 0.6) is 0 Å². The van der Waals surface area contributed by atoms with Crippen LogP contribution in [0.2, 0.25) is 0 Å². The fraction of sp³-hybridized carbons (Fsp3) is 0.263. The van der Waals surface area contributed by atoms with Gasteiger partial charge in [-0.1, -0.05) is 0 Å². The highest BCUT2D eigenvalue weighted by atomic mass is 16.2. The van der Waals surface area contributed by atoms with Gasteiger partial charge in [0, 0.05) is 43.9 Å². The van der Waals surface area contributed by atoms with Crippen LogP contribution in [0.15, 0.2) is 55.1 Å². The van der Waals surface area contributed by atoms with Gasteiger partial charge in [0.2, 0.25) is 11.9 Å². The number of H-pyrrole nitrogens is 1. The maximum Gasteiger partial charge on any atom is 0.239 e. The number of anilines is 2. The summed E-state index contributed by atoms with van der Waals surface area (Å²) < 4.78 is 0. The van der Waals surface area contributed by atoms with Gasteiger partial charge in [0.15, 0.2) is 0 Å². The van der Waals surface area contributed by atoms with Gasteiger partial charge in [-0.25, -0.2) is 9.97 Å². The van der Waals surface area contributed by atoms with Crippen LogP contribution < -0.4 is 15.5 Å². The molecule has 27 heavy (non-hydrogen) atoms. The summed E-state index contributed by atoms with van der Waals surface area (Å²) >= 11 is 0. The number of rotatable bonds is 6. The monoisotopic (exact) mass is 363 g/mol. The first-order valence-corrected chi connectivity index (χ1v) is 8.93. The molecular weight excluding hydrogens is 342 g/mol. The summed E-state index contributed by atoms with van der Waals surface area (Å²) in [5.41, 5.74) is 2.65. The third-order valence-corrected chi connectivity index (χ3v) is 4.47. The first-order chi connectivity index (χ1) is 13.3. The molecule has 1 unspecified atom stereocenters. The Balaban J connectivity index is 1.31. The molecule has 8 nitrogen and oxygen atoms in total. The lowest BCUT2D eigenvalue weighted by atomic mass is 10.2. The summed E-state index contributed by atoms with van der Waals surface area (Å²) in [5.74, 6) is 0.652. The van der Waals surface area contributed by atoms with Gasteiger partial charge in [-0.15, -0.1) is 0 Å². The standard InChI is InChI=1S/C19H21N7O/c27-18(12-23-14-3-1-7-20-11-14)24-15-6-10-26(13-15)19-22-9-5-17(25-19)16-4-2-8-21-16/h1-5,7-9,11,15,21,23H,6,10,12-13H2,(H,24,27). The summed E-state index contributed by atoms with van der Waals surface area (Å²) in [6, 6.07) is 9.61. The summed E-state index contributed by atoms with van der Waals surface area (Å²) in [6.07, 6.45) is 7.90. The van der Waals surface area contributed by atoms with Crippen molar-refractivity contribution in [1.29, 1.82) is 0 Å². The SMILES string of the molecule is O=C(CNc1cccnc1)NC1CCN(c2nccc(-c3ccc[nH]3)n2)C1. The topological polar surface area (TPSA) is 98.8 Å². The lowest BCUT2D eigenvalue weighted by Crippen LogP contribution is -2.40. The van der Waals surface area contributed by atoms with E-state index in [-0.39, 0.29) is 18.5 Å². The zero-order valence-corrected chi connectivity index (χ0v) is 14.8. The maximum atomic E-state index is 12.2. The van der Waals surface area contributed by atoms with Gasteiger partial charge in [-0.05, 0) is 36.8 Å². The van der Waals surface area contributed by atoms with Crippen LogP contribution in [0.25, 0.3) is 11.4 Å². The number of carbonyl (C=O) groups excluding carboxylic acids is 1. The number of hydrogen-bond donors (Lipinski definition) is 3. The van der Waals surface area contributed by atoms with Crippen molar-refractivity contribution >= 4 is 17.5 Å². The van der Waals surface area contributed by atoms with Crippen molar-refractivity contribution in [3.8, 4) is 11.4 Å². The normalized spacial score (nSPS) is 16.3. The van der Waals surface area contributed by atoms with Gasteiger partial charge < -0.3 is 20.5 Å². The van der Waals surface area contributed by atoms with Gasteiger partial charge in [-0.2, -0.15) is 0 Å². The number of hydrogen-bond acceptors (Lipinski definition) is 6. The minimum Gasteiger partial charge on any atom is -0.375 e. The zero-order valence-electron chi connectivity index (χ0n) is 14.8. The molecule has 4 rings (SSSR count). The van der Waals surface area contributed by atoms with Crippen LogP contribution >= 0.6 is 0 Å². The molecule has 3 aromatic rings. The predicted octanol–water partition coefficient (Wildman–Crippen LogP) is 1.67. The second-order valence-electron chi connectivity index (χ2n) is 6.42. The number of aromatic amines is 1. The molecule has 3 aromatic heterocycles. The van der Waals surface area contributed by atoms with Crippen molar-refractivity contribution in [1.82, 2.24) is 25.3 Å². The molecule has 1 aliphatic rings. The van der Waals surface area contributed by atoms with Crippen molar-refractivity contribution in [3.05, 3.63) is 55.1 Å². The lowest BCUT2D eigenvalue weighted by molar-refractivity contribution is -0.119. The second kappa shape index (κ2) is 7.86. The van der Waals surface area contributed by atoms with Gasteiger partial charge in [0.25, 0.3) is 0 Å². The molecule has 1 amide bonds. The van der Waals surface area contributed by atoms with Crippen molar-refractivity contribution in [2.75, 3.05) is 29.9 Å². The molecule has 0 aromatic carbocycles. The molecule has 1 fully saturated rings. The number of nitrogens with one attached hydrogen (secondary N) is 3. The van der Waals surface area contributed by atoms with E-state index in [9.17, 15) is 4.79 Å². The number of pyridine rings is 1. The number of amides is 1. The average molecular weight is 363 g/mol. The highest BCUT2D eigenvalue weighted by Crippen LogP contribution is 2.20. The van der Waals surface area contributed by atoms with Crippen LogP contribution in [0.1, 0.15) is 6.42 Å². The Morgan fingerprint density at radius 2 is 2.22 bits per heavy atom. The minimum atomic E-state index is -0.0354. The second-order valence-corrected chi connectivity index (χ2v) is 6.42. The van der Waals surface area contributed by atoms with Gasteiger partial charge in [0.1, 0.15) is 0 Å². The van der Waals surface area contributed by atoms with Crippen molar-refractivity contribution in [2.45, 2.75) is 12.5 Å². The van der Waals surface area contributed by atoms with E-state index < -0.39 is 0 Å². The molecule has 1 atom stereocenters. The molecular formula is C19H21N7O. The van der Waals surface area contributed by atoms with Gasteiger partial charge in [0.05, 0.1) is 23.6 Å². The zero-order chi connectivity index (χ0) is 18.5. The molecule has 0 spiro atoms. The summed E-state index contributed by atoms with van der Waals surface area (Å²) in [4.78, 5) is 30.5. The van der Waals surface area contributed by atoms with E-state index in [4.69, 9.17) is 0 Å². The van der Waals surface area contributed by atoms with Crippen molar-refractivity contribution in [2.24, 2.45) is 0 Å². The maximum absolute atomic E-state index is 12.2. The van der Waals surface area contributed by atoms with E-state index in [2.05, 4.69) is 35.5 Å². The van der Waals surface area contributed by atoms with E-state index in [1.54, 1.807) is 18.6 Å². The molecule has 138 valence electrons. The van der Waals surface area contributed by atoms with Crippen molar-refractivity contribution in [3.63, 3.8) is 0 Å². The first kappa shape index (κ1) is 17.0. The third kappa shape index (κ3) is 4.22. The van der Waals surface area contributed by atoms with E-state index in [0.29, 0.717) is 12.5 Å². The van der Waals surface area contributed by atoms with Gasteiger partial charge >= 0.3 is 0 Å². The molecule has 3 N–H and O–H groups in total. The molecule has 8 heteroatoms. The highest BCUT2D eigenvalue weighted by molar-refractivity contribution is 5.81.